The molecule has 0 amide bonds. The van der Waals surface area contributed by atoms with Crippen LogP contribution < -0.4 is 0 Å². The van der Waals surface area contributed by atoms with Crippen LogP contribution in [0.15, 0.2) is 24.3 Å². The molecule has 0 aromatic heterocycles. The zero-order valence-corrected chi connectivity index (χ0v) is 11.7. The molecular weight excluding hydrogens is 286 g/mol. The quantitative estimate of drug-likeness (QED) is 0.764. The number of likely N-dealkylation sites (tertiary alicyclic amines) is 1. The summed E-state index contributed by atoms with van der Waals surface area (Å²) >= 11 is 9.58. The summed E-state index contributed by atoms with van der Waals surface area (Å²) in [6.45, 7) is 3.46. The minimum Gasteiger partial charge on any atom is -0.299 e. The van der Waals surface area contributed by atoms with E-state index in [-0.39, 0.29) is 0 Å². The maximum Gasteiger partial charge on any atom is 0.0409 e. The van der Waals surface area contributed by atoms with Crippen molar-refractivity contribution < 1.29 is 0 Å². The molecular formula is C13H17BrClN. The summed E-state index contributed by atoms with van der Waals surface area (Å²) in [7, 11) is 0. The van der Waals surface area contributed by atoms with Crippen molar-refractivity contribution in [3.8, 4) is 0 Å². The molecule has 0 radical (unpaired) electrons. The summed E-state index contributed by atoms with van der Waals surface area (Å²) in [5, 5.41) is 1.96. The molecule has 3 heteroatoms. The van der Waals surface area contributed by atoms with Crippen LogP contribution in [0.3, 0.4) is 0 Å². The van der Waals surface area contributed by atoms with Crippen molar-refractivity contribution in [2.75, 3.05) is 18.4 Å². The number of alkyl halides is 1. The summed E-state index contributed by atoms with van der Waals surface area (Å²) in [6, 6.07) is 8.19. The minimum atomic E-state index is 0.813. The van der Waals surface area contributed by atoms with E-state index in [0.717, 1.165) is 22.8 Å². The summed E-state index contributed by atoms with van der Waals surface area (Å²) in [6.07, 6.45) is 2.67. The third-order valence-electron chi connectivity index (χ3n) is 3.12. The molecule has 1 aliphatic rings. The highest BCUT2D eigenvalue weighted by molar-refractivity contribution is 9.09. The Hall–Kier alpha value is -0.0500. The van der Waals surface area contributed by atoms with E-state index in [4.69, 9.17) is 11.6 Å². The fourth-order valence-corrected chi connectivity index (χ4v) is 3.06. The molecule has 0 aliphatic carbocycles. The standard InChI is InChI=1S/C13H17BrClN/c14-8-12-4-2-6-16(10-12)9-11-3-1-5-13(15)7-11/h1,3,5,7,12H,2,4,6,8-10H2. The van der Waals surface area contributed by atoms with E-state index in [9.17, 15) is 0 Å². The molecule has 16 heavy (non-hydrogen) atoms. The average molecular weight is 303 g/mol. The van der Waals surface area contributed by atoms with Crippen LogP contribution in [0.25, 0.3) is 0 Å². The molecule has 1 aromatic carbocycles. The number of nitrogens with zero attached hydrogens (tertiary/aromatic N) is 1. The van der Waals surface area contributed by atoms with Gasteiger partial charge in [-0.1, -0.05) is 39.7 Å². The minimum absolute atomic E-state index is 0.813. The molecule has 1 saturated heterocycles. The fraction of sp³-hybridized carbons (Fsp3) is 0.538. The van der Waals surface area contributed by atoms with Gasteiger partial charge in [-0.3, -0.25) is 4.90 Å². The van der Waals surface area contributed by atoms with Crippen LogP contribution in [0.2, 0.25) is 5.02 Å². The first-order chi connectivity index (χ1) is 7.78. The van der Waals surface area contributed by atoms with Crippen LogP contribution in [0.4, 0.5) is 0 Å². The second kappa shape index (κ2) is 6.04. The van der Waals surface area contributed by atoms with E-state index in [2.05, 4.69) is 33.0 Å². The lowest BCUT2D eigenvalue weighted by Crippen LogP contribution is -2.35. The predicted molar refractivity (Wildman–Crippen MR) is 73.2 cm³/mol. The lowest BCUT2D eigenvalue weighted by molar-refractivity contribution is 0.179. The highest BCUT2D eigenvalue weighted by atomic mass is 79.9. The van der Waals surface area contributed by atoms with Gasteiger partial charge >= 0.3 is 0 Å². The molecule has 88 valence electrons. The van der Waals surface area contributed by atoms with Gasteiger partial charge in [0.15, 0.2) is 0 Å². The van der Waals surface area contributed by atoms with Crippen LogP contribution in [-0.2, 0) is 6.54 Å². The van der Waals surface area contributed by atoms with Gasteiger partial charge in [-0.2, -0.15) is 0 Å². The Morgan fingerprint density at radius 3 is 3.06 bits per heavy atom. The Balaban J connectivity index is 1.94. The first kappa shape index (κ1) is 12.4. The summed E-state index contributed by atoms with van der Waals surface area (Å²) < 4.78 is 0. The van der Waals surface area contributed by atoms with Crippen molar-refractivity contribution >= 4 is 27.5 Å². The Labute approximate surface area is 111 Å². The number of hydrogen-bond donors (Lipinski definition) is 0. The molecule has 1 heterocycles. The van der Waals surface area contributed by atoms with E-state index in [1.165, 1.54) is 31.5 Å². The largest absolute Gasteiger partial charge is 0.299 e. The third-order valence-corrected chi connectivity index (χ3v) is 4.27. The van der Waals surface area contributed by atoms with Crippen LogP contribution in [-0.4, -0.2) is 23.3 Å². The highest BCUT2D eigenvalue weighted by Crippen LogP contribution is 2.20. The van der Waals surface area contributed by atoms with Gasteiger partial charge in [-0.15, -0.1) is 0 Å². The Kier molecular flexibility index (Phi) is 4.68. The first-order valence-electron chi connectivity index (χ1n) is 5.80. The van der Waals surface area contributed by atoms with E-state index >= 15 is 0 Å². The fourth-order valence-electron chi connectivity index (χ4n) is 2.31. The van der Waals surface area contributed by atoms with Crippen molar-refractivity contribution in [3.05, 3.63) is 34.9 Å². The Morgan fingerprint density at radius 1 is 1.44 bits per heavy atom. The van der Waals surface area contributed by atoms with Gasteiger partial charge in [0.25, 0.3) is 0 Å². The second-order valence-electron chi connectivity index (χ2n) is 4.53. The smallest absolute Gasteiger partial charge is 0.0409 e. The summed E-state index contributed by atoms with van der Waals surface area (Å²) in [4.78, 5) is 2.53. The third kappa shape index (κ3) is 3.47. The second-order valence-corrected chi connectivity index (χ2v) is 5.61. The first-order valence-corrected chi connectivity index (χ1v) is 7.30. The topological polar surface area (TPSA) is 3.24 Å². The zero-order valence-electron chi connectivity index (χ0n) is 9.33. The average Bonchev–Trinajstić information content (AvgIpc) is 2.29. The lowest BCUT2D eigenvalue weighted by atomic mass is 10.00. The van der Waals surface area contributed by atoms with Gasteiger partial charge in [0.2, 0.25) is 0 Å². The van der Waals surface area contributed by atoms with Crippen LogP contribution in [0.5, 0.6) is 0 Å². The predicted octanol–water partition coefficient (Wildman–Crippen LogP) is 3.95. The van der Waals surface area contributed by atoms with Gasteiger partial charge in [0.1, 0.15) is 0 Å². The maximum atomic E-state index is 5.99. The number of hydrogen-bond acceptors (Lipinski definition) is 1. The molecule has 0 spiro atoms. The molecule has 1 nitrogen and oxygen atoms in total. The molecule has 1 aromatic rings. The van der Waals surface area contributed by atoms with Gasteiger partial charge < -0.3 is 0 Å². The molecule has 0 saturated carbocycles. The molecule has 0 N–H and O–H groups in total. The van der Waals surface area contributed by atoms with Gasteiger partial charge in [-0.25, -0.2) is 0 Å². The zero-order chi connectivity index (χ0) is 11.4. The van der Waals surface area contributed by atoms with E-state index in [1.54, 1.807) is 0 Å². The molecule has 1 aliphatic heterocycles. The van der Waals surface area contributed by atoms with Crippen molar-refractivity contribution in [2.45, 2.75) is 19.4 Å². The molecule has 1 fully saturated rings. The maximum absolute atomic E-state index is 5.99. The summed E-state index contributed by atoms with van der Waals surface area (Å²) in [5.41, 5.74) is 1.32. The number of benzene rings is 1. The van der Waals surface area contributed by atoms with E-state index < -0.39 is 0 Å². The lowest BCUT2D eigenvalue weighted by Gasteiger charge is -2.31. The van der Waals surface area contributed by atoms with Crippen LogP contribution in [0, 0.1) is 5.92 Å². The van der Waals surface area contributed by atoms with Gasteiger partial charge in [-0.05, 0) is 43.0 Å². The van der Waals surface area contributed by atoms with Crippen molar-refractivity contribution in [3.63, 3.8) is 0 Å². The highest BCUT2D eigenvalue weighted by Gasteiger charge is 2.18. The van der Waals surface area contributed by atoms with E-state index in [1.807, 2.05) is 12.1 Å². The van der Waals surface area contributed by atoms with Crippen LogP contribution >= 0.6 is 27.5 Å². The summed E-state index contributed by atoms with van der Waals surface area (Å²) in [5.74, 6) is 0.813. The molecule has 1 atom stereocenters. The van der Waals surface area contributed by atoms with Crippen molar-refractivity contribution in [2.24, 2.45) is 5.92 Å². The number of halogens is 2. The Bertz CT molecular complexity index is 342. The van der Waals surface area contributed by atoms with Crippen molar-refractivity contribution in [1.29, 1.82) is 0 Å². The van der Waals surface area contributed by atoms with Gasteiger partial charge in [0.05, 0.1) is 0 Å². The monoisotopic (exact) mass is 301 g/mol. The van der Waals surface area contributed by atoms with Crippen LogP contribution in [0.1, 0.15) is 18.4 Å². The van der Waals surface area contributed by atoms with Gasteiger partial charge in [0, 0.05) is 23.4 Å². The SMILES string of the molecule is Clc1cccc(CN2CCCC(CBr)C2)c1. The number of piperidine rings is 1. The molecule has 1 unspecified atom stereocenters. The van der Waals surface area contributed by atoms with Crippen molar-refractivity contribution in [1.82, 2.24) is 4.90 Å². The Morgan fingerprint density at radius 2 is 2.31 bits per heavy atom. The normalized spacial score (nSPS) is 22.2. The molecule has 0 bridgehead atoms. The number of rotatable bonds is 3. The van der Waals surface area contributed by atoms with E-state index in [0.29, 0.717) is 0 Å². The molecule has 2 rings (SSSR count).